The van der Waals surface area contributed by atoms with Crippen LogP contribution in [0.3, 0.4) is 0 Å². The Morgan fingerprint density at radius 3 is 2.19 bits per heavy atom. The Hall–Kier alpha value is -2.60. The summed E-state index contributed by atoms with van der Waals surface area (Å²) in [7, 11) is -7.54. The zero-order chi connectivity index (χ0) is 23.4. The van der Waals surface area contributed by atoms with E-state index in [1.807, 2.05) is 0 Å². The maximum absolute atomic E-state index is 12.8. The molecule has 12 heteroatoms. The summed E-state index contributed by atoms with van der Waals surface area (Å²) in [5, 5.41) is 4.43. The van der Waals surface area contributed by atoms with Crippen molar-refractivity contribution in [2.75, 3.05) is 22.1 Å². The van der Waals surface area contributed by atoms with Crippen LogP contribution in [0.5, 0.6) is 0 Å². The molecule has 7 nitrogen and oxygen atoms in total. The summed E-state index contributed by atoms with van der Waals surface area (Å²) in [5.74, 6) is -0.485. The van der Waals surface area contributed by atoms with E-state index in [2.05, 4.69) is 10.6 Å². The van der Waals surface area contributed by atoms with Crippen LogP contribution in [-0.2, 0) is 25.9 Å². The fraction of sp³-hybridized carbons (Fsp3) is 0.316. The first kappa shape index (κ1) is 24.7. The zero-order valence-corrected chi connectivity index (χ0v) is 18.3. The molecule has 0 fully saturated rings. The van der Waals surface area contributed by atoms with Crippen molar-refractivity contribution in [3.63, 3.8) is 0 Å². The fourth-order valence-corrected chi connectivity index (χ4v) is 5.05. The average Bonchev–Trinajstić information content (AvgIpc) is 2.67. The van der Waals surface area contributed by atoms with Crippen molar-refractivity contribution >= 4 is 37.1 Å². The molecule has 2 rings (SSSR count). The number of urea groups is 1. The van der Waals surface area contributed by atoms with Gasteiger partial charge in [-0.15, -0.1) is 0 Å². The second-order valence-electron chi connectivity index (χ2n) is 6.54. The van der Waals surface area contributed by atoms with Gasteiger partial charge in [-0.2, -0.15) is 13.2 Å². The topological polar surface area (TPSA) is 109 Å². The number of rotatable bonds is 7. The van der Waals surface area contributed by atoms with E-state index < -0.39 is 37.4 Å². The lowest BCUT2D eigenvalue weighted by molar-refractivity contribution is -0.137. The molecular formula is C19H21F3N2O5S2. The van der Waals surface area contributed by atoms with Gasteiger partial charge in [-0.05, 0) is 42.8 Å². The molecule has 0 aliphatic rings. The minimum atomic E-state index is -4.61. The molecule has 2 aromatic carbocycles. The van der Waals surface area contributed by atoms with E-state index in [-0.39, 0.29) is 32.7 Å². The SMILES string of the molecule is CCCS(=O)(=O)c1ccc(S(=O)(=O)CC)c(NC(=O)Nc2cccc(C(F)(F)F)c2)c1. The maximum Gasteiger partial charge on any atom is 0.416 e. The van der Waals surface area contributed by atoms with Crippen molar-refractivity contribution < 1.29 is 34.8 Å². The monoisotopic (exact) mass is 478 g/mol. The van der Waals surface area contributed by atoms with E-state index in [0.717, 1.165) is 30.3 Å². The van der Waals surface area contributed by atoms with Crippen molar-refractivity contribution in [1.82, 2.24) is 0 Å². The minimum Gasteiger partial charge on any atom is -0.308 e. The highest BCUT2D eigenvalue weighted by molar-refractivity contribution is 7.92. The van der Waals surface area contributed by atoms with Crippen LogP contribution in [0.4, 0.5) is 29.3 Å². The summed E-state index contributed by atoms with van der Waals surface area (Å²) in [6.07, 6.45) is -4.28. The lowest BCUT2D eigenvalue weighted by atomic mass is 10.2. The van der Waals surface area contributed by atoms with E-state index in [4.69, 9.17) is 0 Å². The lowest BCUT2D eigenvalue weighted by Crippen LogP contribution is -2.22. The van der Waals surface area contributed by atoms with Crippen molar-refractivity contribution in [1.29, 1.82) is 0 Å². The summed E-state index contributed by atoms with van der Waals surface area (Å²) in [6, 6.07) is 6.09. The molecule has 0 bridgehead atoms. The second-order valence-corrected chi connectivity index (χ2v) is 10.9. The molecule has 0 aliphatic carbocycles. The van der Waals surface area contributed by atoms with Crippen LogP contribution >= 0.6 is 0 Å². The molecule has 0 radical (unpaired) electrons. The first-order valence-electron chi connectivity index (χ1n) is 9.15. The number of hydrogen-bond donors (Lipinski definition) is 2. The molecule has 0 aliphatic heterocycles. The highest BCUT2D eigenvalue weighted by atomic mass is 32.2. The van der Waals surface area contributed by atoms with Gasteiger partial charge >= 0.3 is 12.2 Å². The predicted molar refractivity (Wildman–Crippen MR) is 111 cm³/mol. The molecule has 0 spiro atoms. The Morgan fingerprint density at radius 2 is 1.61 bits per heavy atom. The van der Waals surface area contributed by atoms with Crippen molar-refractivity contribution in [3.8, 4) is 0 Å². The number of carbonyl (C=O) groups excluding carboxylic acids is 1. The van der Waals surface area contributed by atoms with E-state index in [1.54, 1.807) is 6.92 Å². The molecule has 2 aromatic rings. The summed E-state index contributed by atoms with van der Waals surface area (Å²) < 4.78 is 87.9. The molecule has 2 amide bonds. The Morgan fingerprint density at radius 1 is 0.935 bits per heavy atom. The van der Waals surface area contributed by atoms with E-state index in [1.165, 1.54) is 13.0 Å². The number of anilines is 2. The van der Waals surface area contributed by atoms with Crippen molar-refractivity contribution in [2.45, 2.75) is 36.2 Å². The predicted octanol–water partition coefficient (Wildman–Crippen LogP) is 4.33. The van der Waals surface area contributed by atoms with Gasteiger partial charge in [0.2, 0.25) is 0 Å². The van der Waals surface area contributed by atoms with E-state index in [0.29, 0.717) is 12.5 Å². The Bertz CT molecular complexity index is 1180. The van der Waals surface area contributed by atoms with Crippen LogP contribution in [-0.4, -0.2) is 34.4 Å². The van der Waals surface area contributed by atoms with Crippen molar-refractivity contribution in [3.05, 3.63) is 48.0 Å². The normalized spacial score (nSPS) is 12.4. The number of alkyl halides is 3. The standard InChI is InChI=1S/C19H21F3N2O5S2/c1-3-10-31(28,29)15-8-9-17(30(26,27)4-2)16(12-15)24-18(25)23-14-7-5-6-13(11-14)19(20,21)22/h5-9,11-12H,3-4,10H2,1-2H3,(H2,23,24,25). The molecule has 0 saturated carbocycles. The molecule has 0 heterocycles. The summed E-state index contributed by atoms with van der Waals surface area (Å²) in [5.41, 5.74) is -1.45. The van der Waals surface area contributed by atoms with Gasteiger partial charge < -0.3 is 10.6 Å². The Kier molecular flexibility index (Phi) is 7.37. The number of hydrogen-bond acceptors (Lipinski definition) is 5. The van der Waals surface area contributed by atoms with Gasteiger partial charge in [0.25, 0.3) is 0 Å². The first-order valence-corrected chi connectivity index (χ1v) is 12.5. The van der Waals surface area contributed by atoms with E-state index in [9.17, 15) is 34.8 Å². The molecule has 0 aromatic heterocycles. The van der Waals surface area contributed by atoms with Crippen LogP contribution in [0, 0.1) is 0 Å². The fourth-order valence-electron chi connectivity index (χ4n) is 2.67. The van der Waals surface area contributed by atoms with Crippen LogP contribution in [0.1, 0.15) is 25.8 Å². The highest BCUT2D eigenvalue weighted by Gasteiger charge is 2.30. The van der Waals surface area contributed by atoms with Gasteiger partial charge in [-0.3, -0.25) is 0 Å². The molecule has 0 unspecified atom stereocenters. The summed E-state index contributed by atoms with van der Waals surface area (Å²) in [6.45, 7) is 3.04. The Balaban J connectivity index is 2.40. The molecule has 0 saturated heterocycles. The zero-order valence-electron chi connectivity index (χ0n) is 16.7. The van der Waals surface area contributed by atoms with Crippen LogP contribution in [0.25, 0.3) is 0 Å². The number of carbonyl (C=O) groups is 1. The third-order valence-electron chi connectivity index (χ3n) is 4.19. The van der Waals surface area contributed by atoms with Crippen LogP contribution in [0.15, 0.2) is 52.3 Å². The van der Waals surface area contributed by atoms with Crippen LogP contribution in [0.2, 0.25) is 0 Å². The minimum absolute atomic E-state index is 0.178. The van der Waals surface area contributed by atoms with Gasteiger partial charge in [0.05, 0.1) is 32.5 Å². The lowest BCUT2D eigenvalue weighted by Gasteiger charge is -2.14. The highest BCUT2D eigenvalue weighted by Crippen LogP contribution is 2.31. The quantitative estimate of drug-likeness (QED) is 0.616. The third-order valence-corrected chi connectivity index (χ3v) is 7.90. The smallest absolute Gasteiger partial charge is 0.308 e. The number of benzene rings is 2. The number of sulfone groups is 2. The molecular weight excluding hydrogens is 457 g/mol. The first-order chi connectivity index (χ1) is 14.3. The van der Waals surface area contributed by atoms with Gasteiger partial charge in [0, 0.05) is 5.69 Å². The number of halogens is 3. The average molecular weight is 479 g/mol. The molecule has 0 atom stereocenters. The van der Waals surface area contributed by atoms with Crippen molar-refractivity contribution in [2.24, 2.45) is 0 Å². The van der Waals surface area contributed by atoms with Gasteiger partial charge in [0.15, 0.2) is 19.7 Å². The second kappa shape index (κ2) is 9.27. The van der Waals surface area contributed by atoms with Crippen LogP contribution < -0.4 is 10.6 Å². The van der Waals surface area contributed by atoms with Gasteiger partial charge in [-0.25, -0.2) is 21.6 Å². The maximum atomic E-state index is 12.8. The van der Waals surface area contributed by atoms with Gasteiger partial charge in [0.1, 0.15) is 0 Å². The molecule has 2 N–H and O–H groups in total. The summed E-state index contributed by atoms with van der Waals surface area (Å²) >= 11 is 0. The van der Waals surface area contributed by atoms with Gasteiger partial charge in [-0.1, -0.05) is 19.9 Å². The largest absolute Gasteiger partial charge is 0.416 e. The molecule has 170 valence electrons. The molecule has 31 heavy (non-hydrogen) atoms. The third kappa shape index (κ3) is 6.20. The summed E-state index contributed by atoms with van der Waals surface area (Å²) in [4.78, 5) is 11.9. The Labute approximate surface area is 178 Å². The number of amides is 2. The number of nitrogens with one attached hydrogen (secondary N) is 2. The van der Waals surface area contributed by atoms with E-state index >= 15 is 0 Å².